The van der Waals surface area contributed by atoms with E-state index in [0.29, 0.717) is 13.2 Å². The molecular formula is C17H23ClO5. The van der Waals surface area contributed by atoms with E-state index >= 15 is 0 Å². The third-order valence-corrected chi connectivity index (χ3v) is 3.42. The van der Waals surface area contributed by atoms with E-state index in [1.54, 1.807) is 0 Å². The predicted molar refractivity (Wildman–Crippen MR) is 88.8 cm³/mol. The fourth-order valence-electron chi connectivity index (χ4n) is 1.91. The first-order chi connectivity index (χ1) is 11.1. The Balaban J connectivity index is 3.29. The molecule has 0 unspecified atom stereocenters. The van der Waals surface area contributed by atoms with Crippen molar-refractivity contribution in [1.82, 2.24) is 0 Å². The molecule has 6 heteroatoms. The van der Waals surface area contributed by atoms with Gasteiger partial charge in [-0.05, 0) is 36.6 Å². The summed E-state index contributed by atoms with van der Waals surface area (Å²) in [6.45, 7) is 4.87. The van der Waals surface area contributed by atoms with Gasteiger partial charge >= 0.3 is 5.97 Å². The maximum absolute atomic E-state index is 12.0. The summed E-state index contributed by atoms with van der Waals surface area (Å²) >= 11 is 5.63. The molecule has 0 heterocycles. The summed E-state index contributed by atoms with van der Waals surface area (Å²) in [5.41, 5.74) is 0.402. The maximum Gasteiger partial charge on any atom is 0.341 e. The molecule has 128 valence electrons. The van der Waals surface area contributed by atoms with Gasteiger partial charge in [-0.3, -0.25) is 4.79 Å². The Kier molecular flexibility index (Phi) is 8.48. The van der Waals surface area contributed by atoms with Gasteiger partial charge in [0.1, 0.15) is 5.56 Å². The molecule has 0 aliphatic heterocycles. The highest BCUT2D eigenvalue weighted by Crippen LogP contribution is 2.37. The highest BCUT2D eigenvalue weighted by atomic mass is 35.5. The number of hydrogen-bond donors (Lipinski definition) is 0. The van der Waals surface area contributed by atoms with Crippen molar-refractivity contribution in [3.63, 3.8) is 0 Å². The summed E-state index contributed by atoms with van der Waals surface area (Å²) < 4.78 is 16.2. The zero-order chi connectivity index (χ0) is 17.2. The Hall–Kier alpha value is -1.75. The van der Waals surface area contributed by atoms with Gasteiger partial charge in [-0.15, -0.1) is 0 Å². The fraction of sp³-hybridized carbons (Fsp3) is 0.529. The quantitative estimate of drug-likeness (QED) is 0.362. The zero-order valence-electron chi connectivity index (χ0n) is 13.8. The molecular weight excluding hydrogens is 320 g/mol. The van der Waals surface area contributed by atoms with Crippen molar-refractivity contribution in [1.29, 1.82) is 0 Å². The third-order valence-electron chi connectivity index (χ3n) is 3.22. The number of hydrogen-bond acceptors (Lipinski definition) is 5. The molecule has 1 rings (SSSR count). The summed E-state index contributed by atoms with van der Waals surface area (Å²) in [5, 5.41) is -0.659. The molecule has 0 aliphatic carbocycles. The Morgan fingerprint density at radius 3 is 1.87 bits per heavy atom. The first-order valence-electron chi connectivity index (χ1n) is 7.77. The molecule has 1 aromatic carbocycles. The van der Waals surface area contributed by atoms with E-state index in [1.165, 1.54) is 19.2 Å². The molecule has 0 atom stereocenters. The Bertz CT molecular complexity index is 542. The van der Waals surface area contributed by atoms with Crippen molar-refractivity contribution >= 4 is 22.8 Å². The van der Waals surface area contributed by atoms with Gasteiger partial charge in [-0.25, -0.2) is 4.79 Å². The average Bonchev–Trinajstić information content (AvgIpc) is 2.54. The van der Waals surface area contributed by atoms with E-state index in [0.717, 1.165) is 25.7 Å². The van der Waals surface area contributed by atoms with Crippen LogP contribution in [0.25, 0.3) is 0 Å². The minimum absolute atomic E-state index is 0.182. The summed E-state index contributed by atoms with van der Waals surface area (Å²) in [7, 11) is 1.29. The Morgan fingerprint density at radius 2 is 1.43 bits per heavy atom. The minimum Gasteiger partial charge on any atom is -0.489 e. The van der Waals surface area contributed by atoms with Gasteiger partial charge in [0.05, 0.1) is 25.9 Å². The van der Waals surface area contributed by atoms with Gasteiger partial charge < -0.3 is 14.2 Å². The molecule has 0 bridgehead atoms. The largest absolute Gasteiger partial charge is 0.489 e. The minimum atomic E-state index is -0.659. The number of benzene rings is 1. The second kappa shape index (κ2) is 10.1. The molecule has 0 aliphatic rings. The highest BCUT2D eigenvalue weighted by Gasteiger charge is 2.24. The van der Waals surface area contributed by atoms with E-state index in [-0.39, 0.29) is 22.6 Å². The molecule has 23 heavy (non-hydrogen) atoms. The number of esters is 1. The first-order valence-corrected chi connectivity index (χ1v) is 8.15. The van der Waals surface area contributed by atoms with Crippen LogP contribution < -0.4 is 9.47 Å². The summed E-state index contributed by atoms with van der Waals surface area (Å²) in [5.74, 6) is -0.129. The number of carbonyl (C=O) groups is 2. The van der Waals surface area contributed by atoms with E-state index in [9.17, 15) is 9.59 Å². The van der Waals surface area contributed by atoms with Crippen LogP contribution in [0.5, 0.6) is 11.5 Å². The van der Waals surface area contributed by atoms with Crippen LogP contribution in [0.4, 0.5) is 0 Å². The number of methoxy groups -OCH3 is 1. The molecule has 0 amide bonds. The molecule has 0 fully saturated rings. The molecule has 0 aromatic heterocycles. The molecule has 0 saturated carbocycles. The van der Waals surface area contributed by atoms with E-state index in [1.807, 2.05) is 13.8 Å². The summed E-state index contributed by atoms with van der Waals surface area (Å²) in [6, 6.07) is 2.92. The van der Waals surface area contributed by atoms with Gasteiger partial charge in [0.25, 0.3) is 5.24 Å². The van der Waals surface area contributed by atoms with E-state index in [4.69, 9.17) is 25.8 Å². The lowest BCUT2D eigenvalue weighted by Gasteiger charge is -2.17. The van der Waals surface area contributed by atoms with Crippen molar-refractivity contribution in [3.8, 4) is 11.5 Å². The van der Waals surface area contributed by atoms with Crippen molar-refractivity contribution in [2.75, 3.05) is 20.3 Å². The maximum atomic E-state index is 12.0. The van der Waals surface area contributed by atoms with Gasteiger partial charge in [0.2, 0.25) is 0 Å². The van der Waals surface area contributed by atoms with Crippen molar-refractivity contribution < 1.29 is 23.8 Å². The number of rotatable bonds is 10. The van der Waals surface area contributed by atoms with Gasteiger partial charge in [-0.2, -0.15) is 0 Å². The normalized spacial score (nSPS) is 10.3. The van der Waals surface area contributed by atoms with Crippen LogP contribution in [0.15, 0.2) is 12.1 Å². The Labute approximate surface area is 141 Å². The molecule has 0 radical (unpaired) electrons. The second-order valence-corrected chi connectivity index (χ2v) is 5.33. The number of halogens is 1. The standard InChI is InChI=1S/C17H23ClO5/c1-4-6-10-22-14-12(16(18)19)8-9-13(17(20)21-3)15(14)23-11-7-5-2/h8-9H,4-7,10-11H2,1-3H3. The highest BCUT2D eigenvalue weighted by molar-refractivity contribution is 6.68. The lowest BCUT2D eigenvalue weighted by molar-refractivity contribution is 0.0594. The number of unbranched alkanes of at least 4 members (excludes halogenated alkanes) is 2. The molecule has 0 saturated heterocycles. The number of carbonyl (C=O) groups excluding carboxylic acids is 2. The number of ether oxygens (including phenoxy) is 3. The van der Waals surface area contributed by atoms with E-state index in [2.05, 4.69) is 0 Å². The smallest absolute Gasteiger partial charge is 0.341 e. The van der Waals surface area contributed by atoms with Crippen LogP contribution in [-0.2, 0) is 4.74 Å². The third kappa shape index (κ3) is 5.43. The van der Waals surface area contributed by atoms with Gasteiger partial charge in [0, 0.05) is 0 Å². The summed E-state index contributed by atoms with van der Waals surface area (Å²) in [4.78, 5) is 23.6. The molecule has 0 spiro atoms. The molecule has 1 aromatic rings. The van der Waals surface area contributed by atoms with Crippen LogP contribution in [0, 0.1) is 0 Å². The van der Waals surface area contributed by atoms with Crippen LogP contribution in [0.3, 0.4) is 0 Å². The lowest BCUT2D eigenvalue weighted by atomic mass is 10.1. The zero-order valence-corrected chi connectivity index (χ0v) is 14.6. The fourth-order valence-corrected chi connectivity index (χ4v) is 2.06. The van der Waals surface area contributed by atoms with Crippen LogP contribution in [-0.4, -0.2) is 31.5 Å². The van der Waals surface area contributed by atoms with Crippen molar-refractivity contribution in [2.24, 2.45) is 0 Å². The second-order valence-electron chi connectivity index (χ2n) is 4.99. The SMILES string of the molecule is CCCCOc1c(C(=O)Cl)ccc(C(=O)OC)c1OCCCC. The van der Waals surface area contributed by atoms with Crippen molar-refractivity contribution in [3.05, 3.63) is 23.3 Å². The molecule has 5 nitrogen and oxygen atoms in total. The monoisotopic (exact) mass is 342 g/mol. The van der Waals surface area contributed by atoms with Crippen LogP contribution in [0.1, 0.15) is 60.2 Å². The topological polar surface area (TPSA) is 61.8 Å². The van der Waals surface area contributed by atoms with Gasteiger partial charge in [0.15, 0.2) is 11.5 Å². The average molecular weight is 343 g/mol. The van der Waals surface area contributed by atoms with Crippen molar-refractivity contribution in [2.45, 2.75) is 39.5 Å². The van der Waals surface area contributed by atoms with E-state index < -0.39 is 11.2 Å². The van der Waals surface area contributed by atoms with Crippen LogP contribution in [0.2, 0.25) is 0 Å². The predicted octanol–water partition coefficient (Wildman–Crippen LogP) is 4.21. The molecule has 0 N–H and O–H groups in total. The first kappa shape index (κ1) is 19.3. The van der Waals surface area contributed by atoms with Gasteiger partial charge in [-0.1, -0.05) is 26.7 Å². The van der Waals surface area contributed by atoms with Crippen LogP contribution >= 0.6 is 11.6 Å². The Morgan fingerprint density at radius 1 is 0.957 bits per heavy atom. The lowest BCUT2D eigenvalue weighted by Crippen LogP contribution is -2.11. The summed E-state index contributed by atoms with van der Waals surface area (Å²) in [6.07, 6.45) is 3.50.